The SMILES string of the molecule is O=[N+]([O-])c1cccc(/C=C/c2cc(N(CCO)CCO)c3ccccc3n2)c1. The van der Waals surface area contributed by atoms with E-state index in [-0.39, 0.29) is 18.9 Å². The Balaban J connectivity index is 2.02. The van der Waals surface area contributed by atoms with Gasteiger partial charge in [0.15, 0.2) is 0 Å². The number of aliphatic hydroxyl groups excluding tert-OH is 2. The van der Waals surface area contributed by atoms with Crippen molar-refractivity contribution < 1.29 is 15.1 Å². The van der Waals surface area contributed by atoms with E-state index in [2.05, 4.69) is 4.98 Å². The minimum Gasteiger partial charge on any atom is -0.395 e. The molecule has 0 amide bonds. The van der Waals surface area contributed by atoms with E-state index in [1.807, 2.05) is 35.2 Å². The second kappa shape index (κ2) is 9.07. The zero-order valence-electron chi connectivity index (χ0n) is 15.2. The van der Waals surface area contributed by atoms with Gasteiger partial charge in [-0.15, -0.1) is 0 Å². The predicted molar refractivity (Wildman–Crippen MR) is 110 cm³/mol. The lowest BCUT2D eigenvalue weighted by Gasteiger charge is -2.24. The number of nitro benzene ring substituents is 1. The lowest BCUT2D eigenvalue weighted by molar-refractivity contribution is -0.384. The first kappa shape index (κ1) is 19.5. The maximum absolute atomic E-state index is 10.9. The molecule has 0 aliphatic rings. The third kappa shape index (κ3) is 4.51. The zero-order valence-corrected chi connectivity index (χ0v) is 15.2. The topological polar surface area (TPSA) is 99.7 Å². The molecule has 7 heteroatoms. The number of rotatable bonds is 8. The van der Waals surface area contributed by atoms with Crippen LogP contribution >= 0.6 is 0 Å². The maximum atomic E-state index is 10.9. The predicted octanol–water partition coefficient (Wildman–Crippen LogP) is 3.10. The van der Waals surface area contributed by atoms with E-state index in [0.717, 1.165) is 16.6 Å². The number of aliphatic hydroxyl groups is 2. The van der Waals surface area contributed by atoms with Gasteiger partial charge in [0.25, 0.3) is 5.69 Å². The molecule has 0 fully saturated rings. The van der Waals surface area contributed by atoms with E-state index in [9.17, 15) is 20.3 Å². The number of pyridine rings is 1. The number of benzene rings is 2. The van der Waals surface area contributed by atoms with Gasteiger partial charge in [0, 0.05) is 36.3 Å². The standard InChI is InChI=1S/C21H21N3O4/c25-12-10-23(11-13-26)21-15-17(22-20-7-2-1-6-19(20)21)9-8-16-4-3-5-18(14-16)24(27)28/h1-9,14-15,25-26H,10-13H2/b9-8+. The maximum Gasteiger partial charge on any atom is 0.270 e. The highest BCUT2D eigenvalue weighted by Gasteiger charge is 2.12. The summed E-state index contributed by atoms with van der Waals surface area (Å²) in [5.74, 6) is 0. The molecule has 2 N–H and O–H groups in total. The molecule has 144 valence electrons. The molecule has 28 heavy (non-hydrogen) atoms. The highest BCUT2D eigenvalue weighted by Crippen LogP contribution is 2.27. The van der Waals surface area contributed by atoms with Crippen LogP contribution in [0.4, 0.5) is 11.4 Å². The van der Waals surface area contributed by atoms with Gasteiger partial charge >= 0.3 is 0 Å². The average molecular weight is 379 g/mol. The Kier molecular flexibility index (Phi) is 6.31. The van der Waals surface area contributed by atoms with E-state index in [4.69, 9.17) is 0 Å². The second-order valence-electron chi connectivity index (χ2n) is 6.20. The van der Waals surface area contributed by atoms with Gasteiger partial charge in [-0.25, -0.2) is 4.98 Å². The molecule has 3 rings (SSSR count). The van der Waals surface area contributed by atoms with Gasteiger partial charge in [0.05, 0.1) is 29.3 Å². The Labute approximate surface area is 162 Å². The molecule has 0 spiro atoms. The van der Waals surface area contributed by atoms with Gasteiger partial charge in [-0.2, -0.15) is 0 Å². The van der Waals surface area contributed by atoms with Gasteiger partial charge in [-0.05, 0) is 23.8 Å². The molecule has 3 aromatic rings. The molecule has 0 unspecified atom stereocenters. The largest absolute Gasteiger partial charge is 0.395 e. The van der Waals surface area contributed by atoms with Crippen molar-refractivity contribution in [2.45, 2.75) is 0 Å². The molecule has 7 nitrogen and oxygen atoms in total. The van der Waals surface area contributed by atoms with Gasteiger partial charge in [-0.3, -0.25) is 10.1 Å². The first-order valence-corrected chi connectivity index (χ1v) is 8.91. The number of non-ortho nitro benzene ring substituents is 1. The molecule has 0 aliphatic heterocycles. The lowest BCUT2D eigenvalue weighted by atomic mass is 10.1. The fourth-order valence-corrected chi connectivity index (χ4v) is 3.04. The van der Waals surface area contributed by atoms with E-state index >= 15 is 0 Å². The molecule has 0 aliphatic carbocycles. The molecule has 1 aromatic heterocycles. The molecule has 0 saturated heterocycles. The molecule has 1 heterocycles. The minimum atomic E-state index is -0.425. The van der Waals surface area contributed by atoms with Gasteiger partial charge in [0.2, 0.25) is 0 Å². The Morgan fingerprint density at radius 1 is 1.00 bits per heavy atom. The molecule has 0 bridgehead atoms. The average Bonchev–Trinajstić information content (AvgIpc) is 2.71. The van der Waals surface area contributed by atoms with Crippen LogP contribution in [-0.2, 0) is 0 Å². The second-order valence-corrected chi connectivity index (χ2v) is 6.20. The summed E-state index contributed by atoms with van der Waals surface area (Å²) in [5.41, 5.74) is 3.08. The Morgan fingerprint density at radius 2 is 1.75 bits per heavy atom. The highest BCUT2D eigenvalue weighted by molar-refractivity contribution is 5.93. The Hall–Kier alpha value is -3.29. The number of hydrogen-bond donors (Lipinski definition) is 2. The fourth-order valence-electron chi connectivity index (χ4n) is 3.04. The summed E-state index contributed by atoms with van der Waals surface area (Å²) in [7, 11) is 0. The number of hydrogen-bond acceptors (Lipinski definition) is 6. The summed E-state index contributed by atoms with van der Waals surface area (Å²) in [6, 6.07) is 15.9. The summed E-state index contributed by atoms with van der Waals surface area (Å²) >= 11 is 0. The first-order valence-electron chi connectivity index (χ1n) is 8.91. The van der Waals surface area contributed by atoms with Crippen molar-refractivity contribution in [2.24, 2.45) is 0 Å². The fraction of sp³-hybridized carbons (Fsp3) is 0.190. The molecule has 0 saturated carbocycles. The van der Waals surface area contributed by atoms with Crippen LogP contribution < -0.4 is 4.90 Å². The van der Waals surface area contributed by atoms with Crippen molar-refractivity contribution in [1.29, 1.82) is 0 Å². The van der Waals surface area contributed by atoms with Crippen LogP contribution in [0.25, 0.3) is 23.1 Å². The van der Waals surface area contributed by atoms with Gasteiger partial charge in [0.1, 0.15) is 0 Å². The monoisotopic (exact) mass is 379 g/mol. The quantitative estimate of drug-likeness (QED) is 0.461. The lowest BCUT2D eigenvalue weighted by Crippen LogP contribution is -2.30. The number of para-hydroxylation sites is 1. The zero-order chi connectivity index (χ0) is 19.9. The number of nitro groups is 1. The first-order chi connectivity index (χ1) is 13.6. The van der Waals surface area contributed by atoms with E-state index in [1.165, 1.54) is 12.1 Å². The number of nitrogens with zero attached hydrogens (tertiary/aromatic N) is 3. The number of anilines is 1. The van der Waals surface area contributed by atoms with E-state index in [0.29, 0.717) is 24.3 Å². The van der Waals surface area contributed by atoms with Crippen molar-refractivity contribution in [2.75, 3.05) is 31.2 Å². The van der Waals surface area contributed by atoms with Crippen molar-refractivity contribution in [3.8, 4) is 0 Å². The van der Waals surface area contributed by atoms with Crippen LogP contribution in [0, 0.1) is 10.1 Å². The van der Waals surface area contributed by atoms with Crippen molar-refractivity contribution >= 4 is 34.4 Å². The summed E-state index contributed by atoms with van der Waals surface area (Å²) < 4.78 is 0. The number of aromatic nitrogens is 1. The molecular weight excluding hydrogens is 358 g/mol. The van der Waals surface area contributed by atoms with Crippen molar-refractivity contribution in [3.63, 3.8) is 0 Å². The van der Waals surface area contributed by atoms with Crippen LogP contribution in [0.5, 0.6) is 0 Å². The van der Waals surface area contributed by atoms with E-state index < -0.39 is 4.92 Å². The molecule has 0 radical (unpaired) electrons. The van der Waals surface area contributed by atoms with Crippen LogP contribution in [-0.4, -0.2) is 46.4 Å². The molecular formula is C21H21N3O4. The van der Waals surface area contributed by atoms with Crippen molar-refractivity contribution in [1.82, 2.24) is 4.98 Å². The summed E-state index contributed by atoms with van der Waals surface area (Å²) in [6.45, 7) is 0.718. The molecule has 0 atom stereocenters. The summed E-state index contributed by atoms with van der Waals surface area (Å²) in [6.07, 6.45) is 3.57. The molecule has 2 aromatic carbocycles. The van der Waals surface area contributed by atoms with Gasteiger partial charge in [-0.1, -0.05) is 36.4 Å². The van der Waals surface area contributed by atoms with E-state index in [1.54, 1.807) is 24.3 Å². The summed E-state index contributed by atoms with van der Waals surface area (Å²) in [4.78, 5) is 17.1. The van der Waals surface area contributed by atoms with Crippen LogP contribution in [0.2, 0.25) is 0 Å². The normalized spacial score (nSPS) is 11.2. The van der Waals surface area contributed by atoms with Crippen molar-refractivity contribution in [3.05, 3.63) is 76.0 Å². The Bertz CT molecular complexity index is 998. The van der Waals surface area contributed by atoms with Crippen LogP contribution in [0.15, 0.2) is 54.6 Å². The van der Waals surface area contributed by atoms with Crippen LogP contribution in [0.3, 0.4) is 0 Å². The van der Waals surface area contributed by atoms with Crippen LogP contribution in [0.1, 0.15) is 11.3 Å². The smallest absolute Gasteiger partial charge is 0.270 e. The van der Waals surface area contributed by atoms with Gasteiger partial charge < -0.3 is 15.1 Å². The summed E-state index contributed by atoms with van der Waals surface area (Å²) in [5, 5.41) is 30.6. The minimum absolute atomic E-state index is 0.0322. The number of fused-ring (bicyclic) bond motifs is 1. The Morgan fingerprint density at radius 3 is 2.46 bits per heavy atom. The third-order valence-electron chi connectivity index (χ3n) is 4.32. The third-order valence-corrected chi connectivity index (χ3v) is 4.32. The highest BCUT2D eigenvalue weighted by atomic mass is 16.6.